The lowest BCUT2D eigenvalue weighted by atomic mass is 10.4. The van der Waals surface area contributed by atoms with E-state index in [1.54, 1.807) is 11.3 Å². The zero-order valence-electron chi connectivity index (χ0n) is 4.33. The van der Waals surface area contributed by atoms with Crippen LogP contribution >= 0.6 is 54.8 Å². The van der Waals surface area contributed by atoms with E-state index in [1.165, 1.54) is 0 Å². The van der Waals surface area contributed by atoms with Gasteiger partial charge < -0.3 is 0 Å². The van der Waals surface area contributed by atoms with Crippen LogP contribution in [0.4, 0.5) is 0 Å². The molecular formula is C5H3Br2ClS. The second kappa shape index (κ2) is 3.37. The van der Waals surface area contributed by atoms with E-state index in [4.69, 9.17) is 11.6 Å². The summed E-state index contributed by atoms with van der Waals surface area (Å²) in [5.41, 5.74) is 1.14. The van der Waals surface area contributed by atoms with Crippen molar-refractivity contribution < 1.29 is 0 Å². The van der Waals surface area contributed by atoms with Gasteiger partial charge in [0, 0.05) is 15.4 Å². The van der Waals surface area contributed by atoms with Gasteiger partial charge in [-0.3, -0.25) is 0 Å². The number of rotatable bonds is 1. The van der Waals surface area contributed by atoms with Crippen LogP contribution in [0.25, 0.3) is 0 Å². The first-order chi connectivity index (χ1) is 4.25. The Morgan fingerprint density at radius 3 is 2.44 bits per heavy atom. The maximum Gasteiger partial charge on any atom is 0.0754 e. The Hall–Kier alpha value is 0.950. The molecule has 4 heteroatoms. The molecule has 0 spiro atoms. The summed E-state index contributed by atoms with van der Waals surface area (Å²) >= 11 is 14.0. The van der Waals surface area contributed by atoms with Crippen LogP contribution in [0.2, 0.25) is 0 Å². The van der Waals surface area contributed by atoms with Gasteiger partial charge in [0.05, 0.1) is 9.67 Å². The van der Waals surface area contributed by atoms with Crippen LogP contribution in [0.5, 0.6) is 0 Å². The Morgan fingerprint density at radius 2 is 2.22 bits per heavy atom. The van der Waals surface area contributed by atoms with Crippen molar-refractivity contribution in [1.82, 2.24) is 0 Å². The van der Waals surface area contributed by atoms with Gasteiger partial charge in [-0.2, -0.15) is 0 Å². The summed E-state index contributed by atoms with van der Waals surface area (Å²) in [7, 11) is 0. The molecule has 0 unspecified atom stereocenters. The average Bonchev–Trinajstić information content (AvgIpc) is 2.12. The Bertz CT molecular complexity index is 189. The van der Waals surface area contributed by atoms with Crippen LogP contribution in [0.15, 0.2) is 13.6 Å². The molecule has 0 saturated heterocycles. The predicted molar refractivity (Wildman–Crippen MR) is 49.3 cm³/mol. The standard InChI is InChI=1S/C5H3Br2ClS/c6-4-2-9-5(7)3(4)1-8/h2H,1H2. The van der Waals surface area contributed by atoms with Crippen molar-refractivity contribution in [2.24, 2.45) is 0 Å². The third-order valence-corrected chi connectivity index (χ3v) is 4.05. The highest BCUT2D eigenvalue weighted by molar-refractivity contribution is 9.11. The van der Waals surface area contributed by atoms with E-state index in [0.717, 1.165) is 13.8 Å². The molecule has 0 fully saturated rings. The van der Waals surface area contributed by atoms with Crippen LogP contribution in [-0.4, -0.2) is 0 Å². The summed E-state index contributed by atoms with van der Waals surface area (Å²) in [6.07, 6.45) is 0. The molecule has 0 atom stereocenters. The van der Waals surface area contributed by atoms with Crippen LogP contribution < -0.4 is 0 Å². The van der Waals surface area contributed by atoms with E-state index >= 15 is 0 Å². The Labute approximate surface area is 79.5 Å². The van der Waals surface area contributed by atoms with Crippen molar-refractivity contribution in [2.75, 3.05) is 0 Å². The molecule has 9 heavy (non-hydrogen) atoms. The van der Waals surface area contributed by atoms with E-state index in [-0.39, 0.29) is 0 Å². The lowest BCUT2D eigenvalue weighted by Gasteiger charge is -1.89. The molecule has 0 bridgehead atoms. The van der Waals surface area contributed by atoms with Crippen LogP contribution in [-0.2, 0) is 5.88 Å². The Balaban J connectivity index is 3.07. The molecule has 0 aliphatic carbocycles. The molecule has 0 saturated carbocycles. The molecule has 0 amide bonds. The minimum Gasteiger partial charge on any atom is -0.135 e. The molecule has 0 radical (unpaired) electrons. The monoisotopic (exact) mass is 288 g/mol. The summed E-state index contributed by atoms with van der Waals surface area (Å²) in [5, 5.41) is 2.02. The average molecular weight is 290 g/mol. The molecule has 50 valence electrons. The topological polar surface area (TPSA) is 0 Å². The second-order valence-electron chi connectivity index (χ2n) is 1.47. The van der Waals surface area contributed by atoms with Crippen LogP contribution in [0.1, 0.15) is 5.56 Å². The summed E-state index contributed by atoms with van der Waals surface area (Å²) in [6, 6.07) is 0. The van der Waals surface area contributed by atoms with E-state index in [2.05, 4.69) is 31.9 Å². The first kappa shape index (κ1) is 8.05. The molecule has 0 nitrogen and oxygen atoms in total. The van der Waals surface area contributed by atoms with Crippen molar-refractivity contribution in [3.05, 3.63) is 19.2 Å². The molecule has 0 aromatic carbocycles. The Morgan fingerprint density at radius 1 is 1.56 bits per heavy atom. The summed E-state index contributed by atoms with van der Waals surface area (Å²) in [6.45, 7) is 0. The normalized spacial score (nSPS) is 10.1. The fourth-order valence-electron chi connectivity index (χ4n) is 0.456. The smallest absolute Gasteiger partial charge is 0.0754 e. The zero-order chi connectivity index (χ0) is 6.85. The number of hydrogen-bond donors (Lipinski definition) is 0. The van der Waals surface area contributed by atoms with E-state index in [1.807, 2.05) is 5.38 Å². The Kier molecular flexibility index (Phi) is 3.02. The zero-order valence-corrected chi connectivity index (χ0v) is 9.07. The quantitative estimate of drug-likeness (QED) is 0.686. The van der Waals surface area contributed by atoms with E-state index in [9.17, 15) is 0 Å². The highest BCUT2D eigenvalue weighted by Crippen LogP contribution is 2.32. The fraction of sp³-hybridized carbons (Fsp3) is 0.200. The predicted octanol–water partition coefficient (Wildman–Crippen LogP) is 4.01. The first-order valence-corrected chi connectivity index (χ1v) is 5.23. The van der Waals surface area contributed by atoms with Crippen molar-refractivity contribution >= 4 is 54.8 Å². The SMILES string of the molecule is ClCc1c(Br)csc1Br. The highest BCUT2D eigenvalue weighted by atomic mass is 79.9. The molecule has 1 aromatic rings. The fourth-order valence-corrected chi connectivity index (χ4v) is 3.46. The molecule has 1 aromatic heterocycles. The lowest BCUT2D eigenvalue weighted by Crippen LogP contribution is -1.71. The summed E-state index contributed by atoms with van der Waals surface area (Å²) in [4.78, 5) is 0. The van der Waals surface area contributed by atoms with Gasteiger partial charge in [0.15, 0.2) is 0 Å². The van der Waals surface area contributed by atoms with Crippen molar-refractivity contribution in [2.45, 2.75) is 5.88 Å². The maximum atomic E-state index is 5.63. The van der Waals surface area contributed by atoms with Crippen molar-refractivity contribution in [3.63, 3.8) is 0 Å². The maximum absolute atomic E-state index is 5.63. The van der Waals surface area contributed by atoms with Crippen molar-refractivity contribution in [3.8, 4) is 0 Å². The van der Waals surface area contributed by atoms with Gasteiger partial charge in [-0.1, -0.05) is 0 Å². The molecule has 1 heterocycles. The first-order valence-electron chi connectivity index (χ1n) is 2.23. The molecule has 0 aliphatic rings. The molecule has 0 aliphatic heterocycles. The van der Waals surface area contributed by atoms with Gasteiger partial charge in [-0.15, -0.1) is 22.9 Å². The minimum absolute atomic E-state index is 0.560. The van der Waals surface area contributed by atoms with Gasteiger partial charge in [-0.25, -0.2) is 0 Å². The number of thiophene rings is 1. The minimum atomic E-state index is 0.560. The van der Waals surface area contributed by atoms with Gasteiger partial charge in [0.1, 0.15) is 0 Å². The molecule has 0 N–H and O–H groups in total. The van der Waals surface area contributed by atoms with E-state index < -0.39 is 0 Å². The van der Waals surface area contributed by atoms with Crippen LogP contribution in [0, 0.1) is 0 Å². The van der Waals surface area contributed by atoms with Gasteiger partial charge in [0.25, 0.3) is 0 Å². The van der Waals surface area contributed by atoms with E-state index in [0.29, 0.717) is 5.88 Å². The number of hydrogen-bond acceptors (Lipinski definition) is 1. The summed E-state index contributed by atoms with van der Waals surface area (Å²) in [5.74, 6) is 0.560. The van der Waals surface area contributed by atoms with Crippen LogP contribution in [0.3, 0.4) is 0 Å². The third kappa shape index (κ3) is 1.70. The van der Waals surface area contributed by atoms with Gasteiger partial charge >= 0.3 is 0 Å². The lowest BCUT2D eigenvalue weighted by molar-refractivity contribution is 1.41. The molecular weight excluding hydrogens is 287 g/mol. The molecule has 1 rings (SSSR count). The largest absolute Gasteiger partial charge is 0.135 e. The third-order valence-electron chi connectivity index (χ3n) is 0.925. The number of alkyl halides is 1. The van der Waals surface area contributed by atoms with Crippen molar-refractivity contribution in [1.29, 1.82) is 0 Å². The highest BCUT2D eigenvalue weighted by Gasteiger charge is 2.04. The number of halogens is 3. The second-order valence-corrected chi connectivity index (χ2v) is 4.79. The summed E-state index contributed by atoms with van der Waals surface area (Å²) < 4.78 is 2.21. The van der Waals surface area contributed by atoms with Gasteiger partial charge in [0.2, 0.25) is 0 Å². The van der Waals surface area contributed by atoms with Gasteiger partial charge in [-0.05, 0) is 31.9 Å².